The number of fused-ring (bicyclic) bond motifs is 7. The Balaban J connectivity index is 1.36. The normalized spacial score (nSPS) is 15.2. The number of benzene rings is 5. The molecule has 0 saturated carbocycles. The summed E-state index contributed by atoms with van der Waals surface area (Å²) >= 11 is 0. The van der Waals surface area contributed by atoms with Gasteiger partial charge in [-0.15, -0.1) is 20.5 Å². The monoisotopic (exact) mass is 788 g/mol. The standard InChI is InChI=1S/C45H28B12N4O2/c1-40(2)24-9-5-8-12-32(24)62-36-27(41(40,3)4)16-15-25(43(49,50)51)33(36)21-13-14-23(42(46,47)48)22(19-21)35-28(45(55,56)57)20-58-38(60-35)34-26(44(52,53)54)17-18-31-37(34)63-39-59-29-10-6-7-11-30(29)61(31)39/h5-20H,1-4H3. The van der Waals surface area contributed by atoms with Gasteiger partial charge < -0.3 is 9.15 Å². The Morgan fingerprint density at radius 1 is 0.556 bits per heavy atom. The van der Waals surface area contributed by atoms with Crippen molar-refractivity contribution in [2.45, 2.75) is 59.0 Å². The average Bonchev–Trinajstić information content (AvgIpc) is 3.73. The van der Waals surface area contributed by atoms with Crippen LogP contribution in [0, 0.1) is 0 Å². The summed E-state index contributed by atoms with van der Waals surface area (Å²) in [6.45, 7) is 8.68. The molecule has 63 heavy (non-hydrogen) atoms. The molecule has 6 nitrogen and oxygen atoms in total. The fraction of sp³-hybridized carbons (Fsp3) is 0.222. The smallest absolute Gasteiger partial charge is 0.307 e. The summed E-state index contributed by atoms with van der Waals surface area (Å²) < 4.78 is 15.2. The lowest BCUT2D eigenvalue weighted by atomic mass is 9.38. The summed E-state index contributed by atoms with van der Waals surface area (Å²) in [5, 5.41) is -7.75. The van der Waals surface area contributed by atoms with Crippen LogP contribution in [0.2, 0.25) is 0 Å². The van der Waals surface area contributed by atoms with Crippen LogP contribution in [0.1, 0.15) is 61.1 Å². The van der Waals surface area contributed by atoms with E-state index in [4.69, 9.17) is 118 Å². The van der Waals surface area contributed by atoms with Gasteiger partial charge in [0.1, 0.15) is 11.5 Å². The van der Waals surface area contributed by atoms with E-state index in [0.29, 0.717) is 39.6 Å². The van der Waals surface area contributed by atoms with E-state index in [-0.39, 0.29) is 44.9 Å². The Morgan fingerprint density at radius 3 is 1.83 bits per heavy atom. The molecule has 0 aliphatic carbocycles. The largest absolute Gasteiger partial charge is 0.456 e. The van der Waals surface area contributed by atoms with Crippen LogP contribution in [0.5, 0.6) is 11.5 Å². The van der Waals surface area contributed by atoms with Crippen LogP contribution in [0.25, 0.3) is 61.7 Å². The van der Waals surface area contributed by atoms with E-state index in [1.54, 1.807) is 36.4 Å². The zero-order chi connectivity index (χ0) is 45.4. The highest BCUT2D eigenvalue weighted by molar-refractivity contribution is 6.61. The second kappa shape index (κ2) is 14.3. The van der Waals surface area contributed by atoms with Gasteiger partial charge >= 0.3 is 5.84 Å². The first kappa shape index (κ1) is 43.3. The molecule has 0 N–H and O–H groups in total. The Kier molecular flexibility index (Phi) is 9.80. The number of para-hydroxylation sites is 3. The van der Waals surface area contributed by atoms with Gasteiger partial charge in [-0.2, -0.15) is 4.98 Å². The van der Waals surface area contributed by atoms with Crippen molar-refractivity contribution >= 4 is 122 Å². The topological polar surface area (TPSA) is 65.5 Å². The minimum Gasteiger partial charge on any atom is -0.456 e. The summed E-state index contributed by atoms with van der Waals surface area (Å²) in [7, 11) is 78.0. The zero-order valence-electron chi connectivity index (χ0n) is 35.3. The second-order valence-corrected chi connectivity index (χ2v) is 17.8. The maximum Gasteiger partial charge on any atom is 0.307 e. The minimum atomic E-state index is -2.03. The third-order valence-corrected chi connectivity index (χ3v) is 12.7. The molecule has 9 rings (SSSR count). The predicted octanol–water partition coefficient (Wildman–Crippen LogP) is 4.85. The number of ether oxygens (including phenoxy) is 1. The molecular weight excluding hydrogens is 758 g/mol. The zero-order valence-corrected chi connectivity index (χ0v) is 35.3. The highest BCUT2D eigenvalue weighted by atomic mass is 16.5. The summed E-state index contributed by atoms with van der Waals surface area (Å²) in [5.41, 5.74) is 5.80. The molecule has 0 fully saturated rings. The third kappa shape index (κ3) is 6.92. The maximum absolute atomic E-state index is 6.94. The van der Waals surface area contributed by atoms with E-state index in [9.17, 15) is 0 Å². The SMILES string of the molecule is [B]C([B])([B])c1ccc(-c2c(C([B])([B])[B])ccc3c2Oc2ccccc2C(C)(C)C3(C)C)cc1-c1nc(-c2c(C([B])([B])[B])ccc3c2oc2nc4ccccc4n23)ncc1C([B])([B])[B]. The van der Waals surface area contributed by atoms with Crippen LogP contribution < -0.4 is 4.74 Å². The molecule has 0 amide bonds. The molecule has 0 spiro atoms. The number of hydrogen-bond acceptors (Lipinski definition) is 5. The summed E-state index contributed by atoms with van der Waals surface area (Å²) in [5.74, 6) is 1.46. The third-order valence-electron chi connectivity index (χ3n) is 12.7. The Bertz CT molecular complexity index is 3170. The van der Waals surface area contributed by atoms with Crippen LogP contribution in [0.3, 0.4) is 0 Å². The molecule has 0 saturated heterocycles. The number of hydrogen-bond donors (Lipinski definition) is 0. The Morgan fingerprint density at radius 2 is 1.14 bits per heavy atom. The van der Waals surface area contributed by atoms with Crippen LogP contribution in [0.4, 0.5) is 0 Å². The van der Waals surface area contributed by atoms with E-state index >= 15 is 0 Å². The maximum atomic E-state index is 6.94. The first-order valence-electron chi connectivity index (χ1n) is 20.1. The molecule has 4 heterocycles. The van der Waals surface area contributed by atoms with Gasteiger partial charge in [0.25, 0.3) is 0 Å². The Labute approximate surface area is 383 Å². The van der Waals surface area contributed by atoms with Crippen LogP contribution in [-0.4, -0.2) is 114 Å². The van der Waals surface area contributed by atoms with Gasteiger partial charge in [-0.3, -0.25) is 4.40 Å². The van der Waals surface area contributed by atoms with Crippen molar-refractivity contribution in [2.24, 2.45) is 0 Å². The number of aromatic nitrogens is 4. The van der Waals surface area contributed by atoms with Crippen molar-refractivity contribution in [3.8, 4) is 45.3 Å². The summed E-state index contributed by atoms with van der Waals surface area (Å²) in [6.07, 6.45) is 1.38. The highest BCUT2D eigenvalue weighted by Gasteiger charge is 2.46. The minimum absolute atomic E-state index is 0.0433. The molecule has 0 atom stereocenters. The molecule has 276 valence electrons. The van der Waals surface area contributed by atoms with Gasteiger partial charge in [-0.05, 0) is 41.5 Å². The molecule has 8 aromatic rings. The van der Waals surface area contributed by atoms with E-state index in [1.165, 1.54) is 6.20 Å². The van der Waals surface area contributed by atoms with E-state index in [2.05, 4.69) is 33.8 Å². The van der Waals surface area contributed by atoms with Crippen molar-refractivity contribution in [2.75, 3.05) is 0 Å². The number of rotatable bonds is 7. The van der Waals surface area contributed by atoms with Gasteiger partial charge in [0.15, 0.2) is 11.4 Å². The summed E-state index contributed by atoms with van der Waals surface area (Å²) in [4.78, 5) is 14.5. The molecule has 0 bridgehead atoms. The molecule has 0 unspecified atom stereocenters. The molecule has 24 radical (unpaired) electrons. The van der Waals surface area contributed by atoms with Gasteiger partial charge in [0, 0.05) is 39.3 Å². The van der Waals surface area contributed by atoms with E-state index in [1.807, 2.05) is 52.9 Å². The van der Waals surface area contributed by atoms with Crippen LogP contribution in [0.15, 0.2) is 102 Å². The van der Waals surface area contributed by atoms with Gasteiger partial charge in [-0.1, -0.05) is 105 Å². The van der Waals surface area contributed by atoms with Crippen molar-refractivity contribution in [1.29, 1.82) is 0 Å². The van der Waals surface area contributed by atoms with Crippen molar-refractivity contribution in [3.63, 3.8) is 0 Å². The first-order valence-corrected chi connectivity index (χ1v) is 20.1. The quantitative estimate of drug-likeness (QED) is 0.217. The molecule has 18 heteroatoms. The molecule has 3 aromatic heterocycles. The van der Waals surface area contributed by atoms with E-state index in [0.717, 1.165) is 22.2 Å². The fourth-order valence-electron chi connectivity index (χ4n) is 8.81. The molecular formula is C45H28B12N4O2. The lowest BCUT2D eigenvalue weighted by molar-refractivity contribution is 0.306. The van der Waals surface area contributed by atoms with Crippen molar-refractivity contribution in [1.82, 2.24) is 19.4 Å². The number of nitrogens with zero attached hydrogens (tertiary/aromatic N) is 4. The first-order chi connectivity index (χ1) is 29.3. The summed E-state index contributed by atoms with van der Waals surface area (Å²) in [6, 6.07) is 27.8. The lowest BCUT2D eigenvalue weighted by Gasteiger charge is -2.42. The van der Waals surface area contributed by atoms with Crippen molar-refractivity contribution < 1.29 is 9.15 Å². The molecule has 5 aromatic carbocycles. The highest BCUT2D eigenvalue weighted by Crippen LogP contribution is 2.56. The van der Waals surface area contributed by atoms with Gasteiger partial charge in [-0.25, -0.2) is 9.97 Å². The number of imidazole rings is 1. The fourth-order valence-corrected chi connectivity index (χ4v) is 8.81. The van der Waals surface area contributed by atoms with E-state index < -0.39 is 31.3 Å². The molecule has 1 aliphatic rings. The van der Waals surface area contributed by atoms with Crippen LogP contribution in [-0.2, 0) is 31.3 Å². The number of oxazole rings is 1. The molecule has 1 aliphatic heterocycles. The van der Waals surface area contributed by atoms with Crippen LogP contribution >= 0.6 is 0 Å². The van der Waals surface area contributed by atoms with Gasteiger partial charge in [0.2, 0.25) is 0 Å². The van der Waals surface area contributed by atoms with Gasteiger partial charge in [0.05, 0.1) is 122 Å². The van der Waals surface area contributed by atoms with Crippen molar-refractivity contribution in [3.05, 3.63) is 131 Å². The predicted molar refractivity (Wildman–Crippen MR) is 263 cm³/mol. The lowest BCUT2D eigenvalue weighted by Crippen LogP contribution is -2.39. The average molecular weight is 786 g/mol. The second-order valence-electron chi connectivity index (χ2n) is 17.8. The Hall–Kier alpha value is -4.97.